The zero-order chi connectivity index (χ0) is 15.8. The first-order chi connectivity index (χ1) is 9.97. The molecule has 0 spiro atoms. The van der Waals surface area contributed by atoms with Crippen LogP contribution in [0.2, 0.25) is 0 Å². The Hall–Kier alpha value is -1.50. The quantitative estimate of drug-likeness (QED) is 0.467. The van der Waals surface area contributed by atoms with Crippen LogP contribution in [0.25, 0.3) is 0 Å². The topological polar surface area (TPSA) is 110 Å². The second kappa shape index (κ2) is 8.07. The van der Waals surface area contributed by atoms with Gasteiger partial charge in [-0.15, -0.1) is 10.1 Å². The Labute approximate surface area is 124 Å². The molecule has 2 N–H and O–H groups in total. The molecule has 2 rings (SSSR count). The van der Waals surface area contributed by atoms with Gasteiger partial charge >= 0.3 is 0 Å². The van der Waals surface area contributed by atoms with Gasteiger partial charge in [0, 0.05) is 0 Å². The number of carbonyl (C=O) groups is 2. The van der Waals surface area contributed by atoms with E-state index in [0.717, 1.165) is 63.9 Å². The molecule has 0 aromatic heterocycles. The van der Waals surface area contributed by atoms with Crippen molar-refractivity contribution in [1.29, 1.82) is 0 Å². The average molecular weight is 300 g/mol. The second-order valence-electron chi connectivity index (χ2n) is 6.03. The Morgan fingerprint density at radius 1 is 0.857 bits per heavy atom. The molecule has 0 amide bonds. The minimum atomic E-state index is -1.50. The molecule has 2 fully saturated rings. The van der Waals surface area contributed by atoms with Gasteiger partial charge in [0.15, 0.2) is 0 Å². The molecule has 2 saturated carbocycles. The van der Waals surface area contributed by atoms with Crippen LogP contribution in [0.15, 0.2) is 0 Å². The van der Waals surface area contributed by atoms with Crippen molar-refractivity contribution in [1.82, 2.24) is 5.32 Å². The van der Waals surface area contributed by atoms with E-state index in [2.05, 4.69) is 5.32 Å². The number of hydrogen-bond acceptors (Lipinski definition) is 5. The smallest absolute Gasteiger partial charge is 0.291 e. The van der Waals surface area contributed by atoms with Gasteiger partial charge in [-0.25, -0.2) is 0 Å². The summed E-state index contributed by atoms with van der Waals surface area (Å²) in [6.45, 7) is 0. The highest BCUT2D eigenvalue weighted by atomic mass is 16.9. The molecule has 0 atom stereocenters. The Balaban J connectivity index is 0.000000491. The van der Waals surface area contributed by atoms with Gasteiger partial charge in [0.2, 0.25) is 0 Å². The molecule has 0 aromatic carbocycles. The fourth-order valence-corrected chi connectivity index (χ4v) is 3.41. The lowest BCUT2D eigenvalue weighted by Gasteiger charge is -2.43. The summed E-state index contributed by atoms with van der Waals surface area (Å²) in [6, 6.07) is 0. The molecular formula is C14H24N2O5. The Morgan fingerprint density at radius 2 is 1.14 bits per heavy atom. The summed E-state index contributed by atoms with van der Waals surface area (Å²) in [5, 5.41) is 17.1. The van der Waals surface area contributed by atoms with Crippen LogP contribution >= 0.6 is 0 Å². The van der Waals surface area contributed by atoms with Crippen molar-refractivity contribution in [3.8, 4) is 0 Å². The van der Waals surface area contributed by atoms with Crippen LogP contribution in [-0.4, -0.2) is 33.9 Å². The summed E-state index contributed by atoms with van der Waals surface area (Å²) < 4.78 is 0. The first-order valence-electron chi connectivity index (χ1n) is 7.53. The molecule has 2 aliphatic carbocycles. The van der Waals surface area contributed by atoms with E-state index in [1.54, 1.807) is 0 Å². The van der Waals surface area contributed by atoms with Crippen LogP contribution in [0, 0.1) is 10.1 Å². The molecule has 7 heteroatoms. The van der Waals surface area contributed by atoms with E-state index >= 15 is 0 Å². The van der Waals surface area contributed by atoms with Crippen LogP contribution in [0.4, 0.5) is 0 Å². The predicted octanol–water partition coefficient (Wildman–Crippen LogP) is 2.03. The van der Waals surface area contributed by atoms with Crippen molar-refractivity contribution in [3.63, 3.8) is 0 Å². The van der Waals surface area contributed by atoms with Crippen LogP contribution in [-0.2, 0) is 9.59 Å². The van der Waals surface area contributed by atoms with E-state index < -0.39 is 16.2 Å². The van der Waals surface area contributed by atoms with Gasteiger partial charge in [0.05, 0.1) is 11.1 Å². The van der Waals surface area contributed by atoms with Crippen molar-refractivity contribution in [2.75, 3.05) is 0 Å². The van der Waals surface area contributed by atoms with E-state index in [1.807, 2.05) is 0 Å². The lowest BCUT2D eigenvalue weighted by molar-refractivity contribution is -0.742. The third kappa shape index (κ3) is 5.41. The Bertz CT molecular complexity index is 328. The maximum absolute atomic E-state index is 11.4. The van der Waals surface area contributed by atoms with Crippen molar-refractivity contribution >= 4 is 12.6 Å². The van der Waals surface area contributed by atoms with E-state index in [9.17, 15) is 9.59 Å². The lowest BCUT2D eigenvalue weighted by Crippen LogP contribution is -2.61. The largest absolute Gasteiger partial charge is 0.328 e. The van der Waals surface area contributed by atoms with Crippen LogP contribution < -0.4 is 5.32 Å². The van der Waals surface area contributed by atoms with Gasteiger partial charge in [-0.05, 0) is 25.7 Å². The van der Waals surface area contributed by atoms with Gasteiger partial charge in [-0.1, -0.05) is 38.5 Å². The van der Waals surface area contributed by atoms with Crippen molar-refractivity contribution in [2.45, 2.75) is 75.3 Å². The molecule has 0 unspecified atom stereocenters. The summed E-state index contributed by atoms with van der Waals surface area (Å²) in [5.41, 5.74) is -0.840. The van der Waals surface area contributed by atoms with E-state index in [1.165, 1.54) is 12.8 Å². The van der Waals surface area contributed by atoms with Crippen molar-refractivity contribution < 1.29 is 19.9 Å². The van der Waals surface area contributed by atoms with Crippen LogP contribution in [0.3, 0.4) is 0 Å². The van der Waals surface area contributed by atoms with Gasteiger partial charge < -0.3 is 14.8 Å². The fourth-order valence-electron chi connectivity index (χ4n) is 3.41. The molecule has 120 valence electrons. The van der Waals surface area contributed by atoms with Crippen molar-refractivity contribution in [3.05, 3.63) is 10.1 Å². The number of hydrogen-bond donors (Lipinski definition) is 2. The standard InChI is InChI=1S/C14H23NO2.HNO3/c16-11-13(7-3-1-4-8-13)15-14(12-17)9-5-2-6-10-14;2-1(3)4/h11-12,15H,1-10H2;(H,2,3,4). The highest BCUT2D eigenvalue weighted by Gasteiger charge is 2.41. The molecular weight excluding hydrogens is 276 g/mol. The average Bonchev–Trinajstić information content (AvgIpc) is 2.48. The summed E-state index contributed by atoms with van der Waals surface area (Å²) in [4.78, 5) is 31.2. The number of carbonyl (C=O) groups excluding carboxylic acids is 2. The number of aldehydes is 2. The second-order valence-corrected chi connectivity index (χ2v) is 6.03. The molecule has 0 heterocycles. The molecule has 2 aliphatic rings. The zero-order valence-electron chi connectivity index (χ0n) is 12.3. The minimum absolute atomic E-state index is 0.420. The first kappa shape index (κ1) is 17.6. The Kier molecular flexibility index (Phi) is 6.74. The van der Waals surface area contributed by atoms with E-state index in [0.29, 0.717) is 0 Å². The number of nitrogens with zero attached hydrogens (tertiary/aromatic N) is 1. The third-order valence-corrected chi connectivity index (χ3v) is 4.44. The summed E-state index contributed by atoms with van der Waals surface area (Å²) in [6.07, 6.45) is 12.5. The van der Waals surface area contributed by atoms with Crippen LogP contribution in [0.1, 0.15) is 64.2 Å². The maximum Gasteiger partial charge on any atom is 0.291 e. The normalized spacial score (nSPS) is 23.2. The molecule has 0 radical (unpaired) electrons. The van der Waals surface area contributed by atoms with E-state index in [-0.39, 0.29) is 0 Å². The SMILES string of the molecule is O=CC1(NC2(C=O)CCCCC2)CCCCC1.O=[N+]([O-])O. The van der Waals surface area contributed by atoms with Gasteiger partial charge in [0.1, 0.15) is 12.6 Å². The fraction of sp³-hybridized carbons (Fsp3) is 0.857. The third-order valence-electron chi connectivity index (χ3n) is 4.44. The molecule has 0 bridgehead atoms. The Morgan fingerprint density at radius 3 is 1.38 bits per heavy atom. The first-order valence-corrected chi connectivity index (χ1v) is 7.53. The van der Waals surface area contributed by atoms with Gasteiger partial charge in [0.25, 0.3) is 5.09 Å². The molecule has 0 aromatic rings. The zero-order valence-corrected chi connectivity index (χ0v) is 12.3. The molecule has 0 aliphatic heterocycles. The summed E-state index contributed by atoms with van der Waals surface area (Å²) >= 11 is 0. The summed E-state index contributed by atoms with van der Waals surface area (Å²) in [7, 11) is 0. The minimum Gasteiger partial charge on any atom is -0.328 e. The van der Waals surface area contributed by atoms with Gasteiger partial charge in [-0.2, -0.15) is 0 Å². The number of nitrogens with one attached hydrogen (secondary N) is 1. The summed E-state index contributed by atoms with van der Waals surface area (Å²) in [5.74, 6) is 0. The monoisotopic (exact) mass is 300 g/mol. The van der Waals surface area contributed by atoms with E-state index in [4.69, 9.17) is 15.3 Å². The molecule has 7 nitrogen and oxygen atoms in total. The van der Waals surface area contributed by atoms with Crippen molar-refractivity contribution in [2.24, 2.45) is 0 Å². The number of rotatable bonds is 4. The highest BCUT2D eigenvalue weighted by Crippen LogP contribution is 2.33. The van der Waals surface area contributed by atoms with Gasteiger partial charge in [-0.3, -0.25) is 5.32 Å². The molecule has 21 heavy (non-hydrogen) atoms. The maximum atomic E-state index is 11.4. The highest BCUT2D eigenvalue weighted by molar-refractivity contribution is 5.70. The predicted molar refractivity (Wildman–Crippen MR) is 75.7 cm³/mol. The molecule has 0 saturated heterocycles. The lowest BCUT2D eigenvalue weighted by atomic mass is 9.76. The van der Waals surface area contributed by atoms with Crippen LogP contribution in [0.5, 0.6) is 0 Å².